The smallest absolute Gasteiger partial charge is 0.105 e. The van der Waals surface area contributed by atoms with Gasteiger partial charge in [0.15, 0.2) is 0 Å². The van der Waals surface area contributed by atoms with E-state index in [1.165, 1.54) is 11.5 Å². The quantitative estimate of drug-likeness (QED) is 0.772. The number of hydrogen-bond acceptors (Lipinski definition) is 3. The lowest BCUT2D eigenvalue weighted by molar-refractivity contribution is 0.540. The Kier molecular flexibility index (Phi) is 5.79. The van der Waals surface area contributed by atoms with Crippen molar-refractivity contribution in [3.8, 4) is 0 Å². The monoisotopic (exact) mass is 227 g/mol. The summed E-state index contributed by atoms with van der Waals surface area (Å²) in [4.78, 5) is 4.20. The van der Waals surface area contributed by atoms with Crippen LogP contribution in [0.5, 0.6) is 0 Å². The molecule has 1 aromatic heterocycles. The highest BCUT2D eigenvalue weighted by Gasteiger charge is 2.01. The second kappa shape index (κ2) is 6.90. The van der Waals surface area contributed by atoms with Crippen LogP contribution in [0.25, 0.3) is 0 Å². The van der Waals surface area contributed by atoms with E-state index in [9.17, 15) is 0 Å². The Balaban J connectivity index is 2.13. The van der Waals surface area contributed by atoms with Crippen LogP contribution in [0.4, 0.5) is 0 Å². The van der Waals surface area contributed by atoms with Crippen molar-refractivity contribution in [3.63, 3.8) is 0 Å². The fraction of sp³-hybridized carbons (Fsp3) is 0.727. The average Bonchev–Trinajstić information content (AvgIpc) is 2.61. The number of thioether (sulfide) groups is 1. The van der Waals surface area contributed by atoms with E-state index in [-0.39, 0.29) is 0 Å². The van der Waals surface area contributed by atoms with Crippen molar-refractivity contribution in [2.75, 3.05) is 18.1 Å². The topological polar surface area (TPSA) is 29.9 Å². The van der Waals surface area contributed by atoms with Crippen LogP contribution in [-0.4, -0.2) is 33.6 Å². The Hall–Kier alpha value is -0.480. The van der Waals surface area contributed by atoms with Crippen molar-refractivity contribution >= 4 is 11.8 Å². The number of aryl methyl sites for hydroxylation is 1. The molecular formula is C11H21N3S. The SMILES string of the molecule is CCSCC(C)NCCn1ccnc1C. The van der Waals surface area contributed by atoms with Gasteiger partial charge in [0.25, 0.3) is 0 Å². The molecule has 0 bridgehead atoms. The first-order valence-corrected chi connectivity index (χ1v) is 6.68. The molecule has 0 radical (unpaired) electrons. The lowest BCUT2D eigenvalue weighted by Crippen LogP contribution is -2.31. The normalized spacial score (nSPS) is 13.0. The third-order valence-corrected chi connectivity index (χ3v) is 3.49. The molecule has 0 amide bonds. The molecule has 1 aromatic rings. The Morgan fingerprint density at radius 2 is 2.40 bits per heavy atom. The van der Waals surface area contributed by atoms with Gasteiger partial charge in [0.2, 0.25) is 0 Å². The Morgan fingerprint density at radius 3 is 3.00 bits per heavy atom. The van der Waals surface area contributed by atoms with Crippen LogP contribution < -0.4 is 5.32 Å². The molecule has 1 N–H and O–H groups in total. The second-order valence-electron chi connectivity index (χ2n) is 3.68. The third kappa shape index (κ3) is 4.71. The number of aromatic nitrogens is 2. The molecule has 3 nitrogen and oxygen atoms in total. The summed E-state index contributed by atoms with van der Waals surface area (Å²) < 4.78 is 2.17. The maximum Gasteiger partial charge on any atom is 0.105 e. The van der Waals surface area contributed by atoms with Crippen molar-refractivity contribution in [1.82, 2.24) is 14.9 Å². The van der Waals surface area contributed by atoms with Crippen LogP contribution in [0.15, 0.2) is 12.4 Å². The van der Waals surface area contributed by atoms with Gasteiger partial charge in [-0.1, -0.05) is 6.92 Å². The van der Waals surface area contributed by atoms with Crippen LogP contribution in [-0.2, 0) is 6.54 Å². The molecule has 0 aliphatic rings. The predicted octanol–water partition coefficient (Wildman–Crippen LogP) is 1.92. The summed E-state index contributed by atoms with van der Waals surface area (Å²) in [6.45, 7) is 8.50. The number of hydrogen-bond donors (Lipinski definition) is 1. The molecule has 0 aliphatic carbocycles. The van der Waals surface area contributed by atoms with E-state index in [0.29, 0.717) is 6.04 Å². The molecule has 1 unspecified atom stereocenters. The fourth-order valence-corrected chi connectivity index (χ4v) is 2.13. The molecule has 0 fully saturated rings. The van der Waals surface area contributed by atoms with E-state index in [2.05, 4.69) is 28.7 Å². The molecule has 86 valence electrons. The first-order valence-electron chi connectivity index (χ1n) is 5.53. The number of rotatable bonds is 7. The molecule has 0 aliphatic heterocycles. The minimum atomic E-state index is 0.596. The van der Waals surface area contributed by atoms with Gasteiger partial charge in [-0.05, 0) is 19.6 Å². The van der Waals surface area contributed by atoms with E-state index in [4.69, 9.17) is 0 Å². The summed E-state index contributed by atoms with van der Waals surface area (Å²) in [6.07, 6.45) is 3.88. The van der Waals surface area contributed by atoms with Crippen molar-refractivity contribution < 1.29 is 0 Å². The molecule has 4 heteroatoms. The molecule has 15 heavy (non-hydrogen) atoms. The Labute approximate surface area is 96.7 Å². The summed E-state index contributed by atoms with van der Waals surface area (Å²) in [5.74, 6) is 3.49. The molecule has 1 atom stereocenters. The van der Waals surface area contributed by atoms with E-state index >= 15 is 0 Å². The van der Waals surface area contributed by atoms with Crippen LogP contribution >= 0.6 is 11.8 Å². The van der Waals surface area contributed by atoms with Crippen LogP contribution in [0, 0.1) is 6.92 Å². The molecule has 0 aromatic carbocycles. The summed E-state index contributed by atoms with van der Waals surface area (Å²) in [5, 5.41) is 3.51. The Morgan fingerprint density at radius 1 is 1.60 bits per heavy atom. The molecule has 0 saturated heterocycles. The molecular weight excluding hydrogens is 206 g/mol. The average molecular weight is 227 g/mol. The van der Waals surface area contributed by atoms with Crippen molar-refractivity contribution in [2.24, 2.45) is 0 Å². The highest BCUT2D eigenvalue weighted by atomic mass is 32.2. The lowest BCUT2D eigenvalue weighted by Gasteiger charge is -2.13. The number of imidazole rings is 1. The number of nitrogens with zero attached hydrogens (tertiary/aromatic N) is 2. The van der Waals surface area contributed by atoms with Gasteiger partial charge in [-0.25, -0.2) is 4.98 Å². The predicted molar refractivity (Wildman–Crippen MR) is 67.4 cm³/mol. The third-order valence-electron chi connectivity index (χ3n) is 2.34. The van der Waals surface area contributed by atoms with E-state index in [1.807, 2.05) is 31.1 Å². The molecule has 0 saturated carbocycles. The van der Waals surface area contributed by atoms with Gasteiger partial charge in [-0.3, -0.25) is 0 Å². The number of nitrogens with one attached hydrogen (secondary N) is 1. The van der Waals surface area contributed by atoms with Crippen LogP contribution in [0.3, 0.4) is 0 Å². The maximum atomic E-state index is 4.20. The highest BCUT2D eigenvalue weighted by molar-refractivity contribution is 7.99. The van der Waals surface area contributed by atoms with Crippen molar-refractivity contribution in [3.05, 3.63) is 18.2 Å². The van der Waals surface area contributed by atoms with E-state index < -0.39 is 0 Å². The molecule has 1 heterocycles. The summed E-state index contributed by atoms with van der Waals surface area (Å²) in [6, 6.07) is 0.596. The van der Waals surface area contributed by atoms with Gasteiger partial charge in [-0.2, -0.15) is 11.8 Å². The van der Waals surface area contributed by atoms with E-state index in [0.717, 1.165) is 18.9 Å². The van der Waals surface area contributed by atoms with Crippen LogP contribution in [0.2, 0.25) is 0 Å². The van der Waals surface area contributed by atoms with E-state index in [1.54, 1.807) is 0 Å². The van der Waals surface area contributed by atoms with Gasteiger partial charge in [-0.15, -0.1) is 0 Å². The minimum absolute atomic E-state index is 0.596. The van der Waals surface area contributed by atoms with Gasteiger partial charge < -0.3 is 9.88 Å². The summed E-state index contributed by atoms with van der Waals surface area (Å²) in [7, 11) is 0. The second-order valence-corrected chi connectivity index (χ2v) is 5.00. The van der Waals surface area contributed by atoms with Crippen LogP contribution in [0.1, 0.15) is 19.7 Å². The van der Waals surface area contributed by atoms with Gasteiger partial charge >= 0.3 is 0 Å². The highest BCUT2D eigenvalue weighted by Crippen LogP contribution is 2.01. The first-order chi connectivity index (χ1) is 7.24. The fourth-order valence-electron chi connectivity index (χ4n) is 1.42. The van der Waals surface area contributed by atoms with Crippen molar-refractivity contribution in [2.45, 2.75) is 33.4 Å². The van der Waals surface area contributed by atoms with Gasteiger partial charge in [0.1, 0.15) is 5.82 Å². The molecule has 0 spiro atoms. The first kappa shape index (κ1) is 12.6. The van der Waals surface area contributed by atoms with Gasteiger partial charge in [0.05, 0.1) is 0 Å². The maximum absolute atomic E-state index is 4.20. The largest absolute Gasteiger partial charge is 0.334 e. The zero-order chi connectivity index (χ0) is 11.1. The lowest BCUT2D eigenvalue weighted by atomic mass is 10.4. The summed E-state index contributed by atoms with van der Waals surface area (Å²) >= 11 is 1.99. The Bertz CT molecular complexity index is 273. The zero-order valence-electron chi connectivity index (χ0n) is 9.86. The summed E-state index contributed by atoms with van der Waals surface area (Å²) in [5.41, 5.74) is 0. The standard InChI is InChI=1S/C11H21N3S/c1-4-15-9-10(2)12-5-7-14-8-6-13-11(14)3/h6,8,10,12H,4-5,7,9H2,1-3H3. The van der Waals surface area contributed by atoms with Crippen molar-refractivity contribution in [1.29, 1.82) is 0 Å². The minimum Gasteiger partial charge on any atom is -0.334 e. The zero-order valence-corrected chi connectivity index (χ0v) is 10.7. The molecule has 1 rings (SSSR count). The van der Waals surface area contributed by atoms with Gasteiger partial charge in [0, 0.05) is 37.3 Å².